The highest BCUT2D eigenvalue weighted by atomic mass is 35.5. The molecule has 0 saturated carbocycles. The SMILES string of the molecule is CNCc1cn(S(=O)(=O)c2cccc(OC(F)F)c2)c2cc(Cc3ccc(OC)nc3Cl)ccc12. The van der Waals surface area contributed by atoms with Crippen molar-refractivity contribution in [2.45, 2.75) is 24.5 Å². The first-order valence-electron chi connectivity index (χ1n) is 10.5. The Morgan fingerprint density at radius 2 is 1.91 bits per heavy atom. The summed E-state index contributed by atoms with van der Waals surface area (Å²) in [5.74, 6) is 0.152. The zero-order valence-electron chi connectivity index (χ0n) is 18.8. The van der Waals surface area contributed by atoms with E-state index in [-0.39, 0.29) is 10.6 Å². The van der Waals surface area contributed by atoms with Gasteiger partial charge in [-0.3, -0.25) is 0 Å². The van der Waals surface area contributed by atoms with Crippen LogP contribution in [0.25, 0.3) is 10.9 Å². The molecule has 7 nitrogen and oxygen atoms in total. The molecule has 1 N–H and O–H groups in total. The van der Waals surface area contributed by atoms with E-state index >= 15 is 0 Å². The van der Waals surface area contributed by atoms with Gasteiger partial charge in [-0.2, -0.15) is 8.78 Å². The lowest BCUT2D eigenvalue weighted by molar-refractivity contribution is -0.0499. The van der Waals surface area contributed by atoms with Gasteiger partial charge in [-0.25, -0.2) is 17.4 Å². The molecule has 0 aliphatic rings. The molecule has 4 rings (SSSR count). The van der Waals surface area contributed by atoms with Crippen molar-refractivity contribution in [1.82, 2.24) is 14.3 Å². The smallest absolute Gasteiger partial charge is 0.387 e. The van der Waals surface area contributed by atoms with Crippen molar-refractivity contribution in [3.05, 3.63) is 82.6 Å². The molecule has 0 fully saturated rings. The first kappa shape index (κ1) is 24.9. The summed E-state index contributed by atoms with van der Waals surface area (Å²) in [7, 11) is -0.860. The molecule has 2 aromatic carbocycles. The molecule has 0 amide bonds. The number of fused-ring (bicyclic) bond motifs is 1. The Kier molecular flexibility index (Phi) is 7.25. The number of benzene rings is 2. The monoisotopic (exact) mass is 521 g/mol. The highest BCUT2D eigenvalue weighted by Crippen LogP contribution is 2.30. The van der Waals surface area contributed by atoms with Gasteiger partial charge in [0.25, 0.3) is 10.0 Å². The van der Waals surface area contributed by atoms with Crippen molar-refractivity contribution in [3.8, 4) is 11.6 Å². The molecule has 0 aliphatic carbocycles. The van der Waals surface area contributed by atoms with Crippen molar-refractivity contribution in [2.24, 2.45) is 0 Å². The van der Waals surface area contributed by atoms with Crippen LogP contribution in [0.3, 0.4) is 0 Å². The predicted octanol–water partition coefficient (Wildman–Crippen LogP) is 4.85. The summed E-state index contributed by atoms with van der Waals surface area (Å²) in [6.45, 7) is -2.63. The van der Waals surface area contributed by atoms with E-state index in [1.165, 1.54) is 31.5 Å². The van der Waals surface area contributed by atoms with Crippen LogP contribution < -0.4 is 14.8 Å². The Morgan fingerprint density at radius 3 is 2.60 bits per heavy atom. The summed E-state index contributed by atoms with van der Waals surface area (Å²) in [5, 5.41) is 4.07. The van der Waals surface area contributed by atoms with Crippen LogP contribution >= 0.6 is 11.6 Å². The molecule has 0 bridgehead atoms. The number of halogens is 3. The Bertz CT molecular complexity index is 1480. The number of aromatic nitrogens is 2. The third kappa shape index (κ3) is 5.24. The van der Waals surface area contributed by atoms with E-state index in [1.807, 2.05) is 12.1 Å². The number of rotatable bonds is 9. The number of pyridine rings is 1. The van der Waals surface area contributed by atoms with Crippen LogP contribution in [0, 0.1) is 0 Å². The van der Waals surface area contributed by atoms with Crippen molar-refractivity contribution in [2.75, 3.05) is 14.2 Å². The first-order chi connectivity index (χ1) is 16.7. The molecule has 11 heteroatoms. The molecule has 35 heavy (non-hydrogen) atoms. The largest absolute Gasteiger partial charge is 0.481 e. The molecule has 0 radical (unpaired) electrons. The highest BCUT2D eigenvalue weighted by molar-refractivity contribution is 7.90. The summed E-state index contributed by atoms with van der Waals surface area (Å²) in [4.78, 5) is 4.00. The van der Waals surface area contributed by atoms with E-state index in [9.17, 15) is 17.2 Å². The molecule has 0 spiro atoms. The first-order valence-corrected chi connectivity index (χ1v) is 12.3. The second-order valence-corrected chi connectivity index (χ2v) is 9.84. The van der Waals surface area contributed by atoms with Crippen LogP contribution in [0.5, 0.6) is 11.6 Å². The van der Waals surface area contributed by atoms with E-state index in [4.69, 9.17) is 16.3 Å². The summed E-state index contributed by atoms with van der Waals surface area (Å²) < 4.78 is 63.1. The number of hydrogen-bond donors (Lipinski definition) is 1. The lowest BCUT2D eigenvalue weighted by Crippen LogP contribution is -2.13. The summed E-state index contributed by atoms with van der Waals surface area (Å²) in [5.41, 5.74) is 2.78. The third-order valence-electron chi connectivity index (χ3n) is 5.38. The maximum absolute atomic E-state index is 13.6. The molecule has 2 aromatic heterocycles. The molecule has 0 unspecified atom stereocenters. The van der Waals surface area contributed by atoms with Gasteiger partial charge in [0, 0.05) is 36.7 Å². The van der Waals surface area contributed by atoms with E-state index < -0.39 is 16.6 Å². The van der Waals surface area contributed by atoms with Gasteiger partial charge in [-0.1, -0.05) is 35.9 Å². The van der Waals surface area contributed by atoms with Crippen molar-refractivity contribution < 1.29 is 26.7 Å². The van der Waals surface area contributed by atoms with Crippen LogP contribution in [0.4, 0.5) is 8.78 Å². The number of hydrogen-bond acceptors (Lipinski definition) is 6. The Balaban J connectivity index is 1.80. The van der Waals surface area contributed by atoms with E-state index in [0.29, 0.717) is 29.5 Å². The minimum atomic E-state index is -4.12. The fraction of sp³-hybridized carbons (Fsp3) is 0.208. The number of methoxy groups -OCH3 is 1. The number of nitrogens with one attached hydrogen (secondary N) is 1. The Labute approximate surface area is 206 Å². The molecule has 4 aromatic rings. The second-order valence-electron chi connectivity index (χ2n) is 7.67. The predicted molar refractivity (Wildman–Crippen MR) is 129 cm³/mol. The van der Waals surface area contributed by atoms with Crippen LogP contribution in [0.2, 0.25) is 5.15 Å². The van der Waals surface area contributed by atoms with Gasteiger partial charge < -0.3 is 14.8 Å². The van der Waals surface area contributed by atoms with Crippen molar-refractivity contribution in [1.29, 1.82) is 0 Å². The quantitative estimate of drug-likeness (QED) is 0.317. The van der Waals surface area contributed by atoms with Gasteiger partial charge in [0.15, 0.2) is 0 Å². The van der Waals surface area contributed by atoms with Crippen molar-refractivity contribution >= 4 is 32.5 Å². The average Bonchev–Trinajstić information content (AvgIpc) is 3.19. The molecule has 0 aliphatic heterocycles. The van der Waals surface area contributed by atoms with Gasteiger partial charge in [0.1, 0.15) is 10.9 Å². The minimum absolute atomic E-state index is 0.170. The van der Waals surface area contributed by atoms with Gasteiger partial charge in [0.2, 0.25) is 5.88 Å². The molecule has 0 atom stereocenters. The van der Waals surface area contributed by atoms with Gasteiger partial charge in [-0.15, -0.1) is 0 Å². The second kappa shape index (κ2) is 10.2. The van der Waals surface area contributed by atoms with Gasteiger partial charge in [0.05, 0.1) is 17.5 Å². The van der Waals surface area contributed by atoms with E-state index in [2.05, 4.69) is 15.0 Å². The normalized spacial score (nSPS) is 11.8. The minimum Gasteiger partial charge on any atom is -0.481 e. The number of nitrogens with zero attached hydrogens (tertiary/aromatic N) is 2. The maximum atomic E-state index is 13.6. The maximum Gasteiger partial charge on any atom is 0.387 e. The molecule has 2 heterocycles. The Hall–Kier alpha value is -3.21. The molecule has 184 valence electrons. The standard InChI is InChI=1S/C24H22ClF2N3O4S/c1-28-13-17-14-30(35(31,32)19-5-3-4-18(12-19)34-24(26)27)21-11-15(6-8-20(17)21)10-16-7-9-22(33-2)29-23(16)25/h3-9,11-12,14,24,28H,10,13H2,1-2H3. The Morgan fingerprint density at radius 1 is 1.11 bits per heavy atom. The molecule has 0 saturated heterocycles. The number of ether oxygens (including phenoxy) is 2. The summed E-state index contributed by atoms with van der Waals surface area (Å²) in [6.07, 6.45) is 1.94. The number of alkyl halides is 2. The lowest BCUT2D eigenvalue weighted by atomic mass is 10.0. The zero-order chi connectivity index (χ0) is 25.2. The topological polar surface area (TPSA) is 82.5 Å². The van der Waals surface area contributed by atoms with Gasteiger partial charge in [-0.05, 0) is 41.9 Å². The molecular formula is C24H22ClF2N3O4S. The van der Waals surface area contributed by atoms with Crippen LogP contribution in [0.15, 0.2) is 65.7 Å². The fourth-order valence-electron chi connectivity index (χ4n) is 3.79. The third-order valence-corrected chi connectivity index (χ3v) is 7.37. The van der Waals surface area contributed by atoms with E-state index in [0.717, 1.165) is 32.1 Å². The van der Waals surface area contributed by atoms with Crippen LogP contribution in [-0.4, -0.2) is 38.1 Å². The van der Waals surface area contributed by atoms with Crippen molar-refractivity contribution in [3.63, 3.8) is 0 Å². The average molecular weight is 522 g/mol. The summed E-state index contributed by atoms with van der Waals surface area (Å²) >= 11 is 6.29. The van der Waals surface area contributed by atoms with E-state index in [1.54, 1.807) is 25.2 Å². The molecular weight excluding hydrogens is 500 g/mol. The zero-order valence-corrected chi connectivity index (χ0v) is 20.4. The highest BCUT2D eigenvalue weighted by Gasteiger charge is 2.23. The lowest BCUT2D eigenvalue weighted by Gasteiger charge is -2.11. The van der Waals surface area contributed by atoms with Gasteiger partial charge >= 0.3 is 6.61 Å². The fourth-order valence-corrected chi connectivity index (χ4v) is 5.42. The summed E-state index contributed by atoms with van der Waals surface area (Å²) in [6, 6.07) is 14.1. The van der Waals surface area contributed by atoms with Crippen LogP contribution in [0.1, 0.15) is 16.7 Å². The van der Waals surface area contributed by atoms with Crippen LogP contribution in [-0.2, 0) is 23.0 Å².